The van der Waals surface area contributed by atoms with Crippen molar-refractivity contribution in [2.24, 2.45) is 0 Å². The summed E-state index contributed by atoms with van der Waals surface area (Å²) in [5, 5.41) is 23.7. The zero-order valence-electron chi connectivity index (χ0n) is 41.5. The molecule has 0 aliphatic carbocycles. The molecule has 0 heterocycles. The lowest BCUT2D eigenvalue weighted by Crippen LogP contribution is -2.46. The van der Waals surface area contributed by atoms with Gasteiger partial charge in [-0.05, 0) is 70.6 Å². The number of carbonyl (C=O) groups excluding carboxylic acids is 2. The van der Waals surface area contributed by atoms with E-state index in [1.165, 1.54) is 180 Å². The zero-order chi connectivity index (χ0) is 45.2. The number of allylic oxidation sites excluding steroid dienone is 6. The summed E-state index contributed by atoms with van der Waals surface area (Å²) >= 11 is 0. The van der Waals surface area contributed by atoms with Crippen LogP contribution in [0.5, 0.6) is 0 Å². The van der Waals surface area contributed by atoms with E-state index < -0.39 is 18.2 Å². The number of amides is 1. The van der Waals surface area contributed by atoms with Crippen LogP contribution in [0.1, 0.15) is 284 Å². The molecular formula is C56H105NO5. The number of carbonyl (C=O) groups is 2. The molecule has 0 aromatic heterocycles. The van der Waals surface area contributed by atoms with E-state index in [4.69, 9.17) is 4.74 Å². The first-order valence-electron chi connectivity index (χ1n) is 27.2. The van der Waals surface area contributed by atoms with Crippen LogP contribution in [0.15, 0.2) is 36.5 Å². The topological polar surface area (TPSA) is 95.9 Å². The first-order valence-corrected chi connectivity index (χ1v) is 27.2. The van der Waals surface area contributed by atoms with Gasteiger partial charge in [0, 0.05) is 6.42 Å². The number of esters is 1. The first-order chi connectivity index (χ1) is 30.5. The van der Waals surface area contributed by atoms with Crippen LogP contribution in [0.2, 0.25) is 0 Å². The van der Waals surface area contributed by atoms with Gasteiger partial charge in [0.25, 0.3) is 0 Å². The molecular weight excluding hydrogens is 767 g/mol. The number of rotatable bonds is 49. The van der Waals surface area contributed by atoms with E-state index >= 15 is 0 Å². The fraction of sp³-hybridized carbons (Fsp3) is 0.857. The summed E-state index contributed by atoms with van der Waals surface area (Å²) in [6, 6.07) is -0.713. The lowest BCUT2D eigenvalue weighted by Gasteiger charge is -2.24. The standard InChI is InChI=1S/C56H105NO5/c1-4-7-10-13-16-19-22-24-26-27-28-29-30-32-34-37-40-43-46-49-56(61)62-52(47-44-41-38-35-33-31-25-23-20-17-14-11-8-5-2)50-55(60)57-53(51-58)54(59)48-45-42-39-36-21-18-15-12-9-6-3/h24,26,31,33,35,38,52-54,58-59H,4-23,25,27-30,32,34,36-37,39-51H2,1-3H3,(H,57,60)/b26-24+,33-31+,38-35+. The van der Waals surface area contributed by atoms with Crippen molar-refractivity contribution in [2.75, 3.05) is 6.61 Å². The van der Waals surface area contributed by atoms with Gasteiger partial charge in [-0.2, -0.15) is 0 Å². The van der Waals surface area contributed by atoms with Gasteiger partial charge in [0.1, 0.15) is 6.10 Å². The van der Waals surface area contributed by atoms with Crippen molar-refractivity contribution in [3.05, 3.63) is 36.5 Å². The lowest BCUT2D eigenvalue weighted by molar-refractivity contribution is -0.151. The Kier molecular flexibility index (Phi) is 48.5. The van der Waals surface area contributed by atoms with Crippen LogP contribution in [-0.2, 0) is 14.3 Å². The van der Waals surface area contributed by atoms with E-state index in [1.54, 1.807) is 0 Å². The quantitative estimate of drug-likeness (QED) is 0.0245. The molecule has 0 saturated heterocycles. The van der Waals surface area contributed by atoms with E-state index in [0.29, 0.717) is 19.3 Å². The van der Waals surface area contributed by atoms with Gasteiger partial charge in [0.2, 0.25) is 5.91 Å². The number of ether oxygens (including phenoxy) is 1. The minimum Gasteiger partial charge on any atom is -0.462 e. The molecule has 0 bridgehead atoms. The molecule has 62 heavy (non-hydrogen) atoms. The van der Waals surface area contributed by atoms with Crippen molar-refractivity contribution in [1.82, 2.24) is 5.32 Å². The Morgan fingerprint density at radius 2 is 0.839 bits per heavy atom. The highest BCUT2D eigenvalue weighted by Gasteiger charge is 2.24. The summed E-state index contributed by atoms with van der Waals surface area (Å²) in [5.41, 5.74) is 0. The van der Waals surface area contributed by atoms with Gasteiger partial charge in [-0.1, -0.05) is 237 Å². The molecule has 0 rings (SSSR count). The van der Waals surface area contributed by atoms with Crippen molar-refractivity contribution < 1.29 is 24.5 Å². The lowest BCUT2D eigenvalue weighted by atomic mass is 10.0. The predicted octanol–water partition coefficient (Wildman–Crippen LogP) is 16.5. The minimum atomic E-state index is -0.797. The predicted molar refractivity (Wildman–Crippen MR) is 269 cm³/mol. The van der Waals surface area contributed by atoms with Gasteiger partial charge < -0.3 is 20.3 Å². The third kappa shape index (κ3) is 44.7. The molecule has 0 spiro atoms. The average Bonchev–Trinajstić information content (AvgIpc) is 3.26. The highest BCUT2D eigenvalue weighted by Crippen LogP contribution is 2.17. The molecule has 6 heteroatoms. The monoisotopic (exact) mass is 872 g/mol. The SMILES string of the molecule is CCCCCCCC/C=C/CCCCCCCCCCCC(=O)OC(CCC/C=C/C=C/CCCCCCCCC)CC(=O)NC(CO)C(O)CCCCCCCCCCCC. The van der Waals surface area contributed by atoms with Crippen molar-refractivity contribution >= 4 is 11.9 Å². The summed E-state index contributed by atoms with van der Waals surface area (Å²) in [5.74, 6) is -0.514. The van der Waals surface area contributed by atoms with E-state index in [2.05, 4.69) is 62.5 Å². The number of hydrogen-bond acceptors (Lipinski definition) is 5. The molecule has 6 nitrogen and oxygen atoms in total. The smallest absolute Gasteiger partial charge is 0.306 e. The van der Waals surface area contributed by atoms with Crippen LogP contribution in [-0.4, -0.2) is 46.9 Å². The first kappa shape index (κ1) is 60.1. The van der Waals surface area contributed by atoms with Gasteiger partial charge in [-0.25, -0.2) is 0 Å². The van der Waals surface area contributed by atoms with Gasteiger partial charge in [-0.15, -0.1) is 0 Å². The molecule has 0 fully saturated rings. The Balaban J connectivity index is 4.56. The van der Waals surface area contributed by atoms with Gasteiger partial charge in [-0.3, -0.25) is 9.59 Å². The Bertz CT molecular complexity index is 1020. The summed E-state index contributed by atoms with van der Waals surface area (Å²) in [7, 11) is 0. The Labute approximate surface area is 385 Å². The highest BCUT2D eigenvalue weighted by atomic mass is 16.5. The van der Waals surface area contributed by atoms with Crippen molar-refractivity contribution in [3.8, 4) is 0 Å². The van der Waals surface area contributed by atoms with E-state index in [-0.39, 0.29) is 24.9 Å². The fourth-order valence-corrected chi connectivity index (χ4v) is 8.31. The Morgan fingerprint density at radius 3 is 1.27 bits per heavy atom. The van der Waals surface area contributed by atoms with Crippen LogP contribution in [0, 0.1) is 0 Å². The van der Waals surface area contributed by atoms with Crippen molar-refractivity contribution in [3.63, 3.8) is 0 Å². The van der Waals surface area contributed by atoms with Gasteiger partial charge in [0.15, 0.2) is 0 Å². The highest BCUT2D eigenvalue weighted by molar-refractivity contribution is 5.77. The van der Waals surface area contributed by atoms with Crippen molar-refractivity contribution in [2.45, 2.75) is 302 Å². The molecule has 0 radical (unpaired) electrons. The summed E-state index contributed by atoms with van der Waals surface area (Å²) in [4.78, 5) is 26.2. The number of hydrogen-bond donors (Lipinski definition) is 3. The maximum absolute atomic E-state index is 13.2. The normalized spacial score (nSPS) is 13.4. The third-order valence-corrected chi connectivity index (χ3v) is 12.5. The van der Waals surface area contributed by atoms with Crippen LogP contribution in [0.3, 0.4) is 0 Å². The van der Waals surface area contributed by atoms with Crippen LogP contribution < -0.4 is 5.32 Å². The maximum atomic E-state index is 13.2. The second-order valence-electron chi connectivity index (χ2n) is 18.7. The molecule has 0 aliphatic rings. The number of aliphatic hydroxyl groups excluding tert-OH is 2. The van der Waals surface area contributed by atoms with Crippen LogP contribution >= 0.6 is 0 Å². The average molecular weight is 872 g/mol. The second-order valence-corrected chi connectivity index (χ2v) is 18.7. The summed E-state index contributed by atoms with van der Waals surface area (Å²) in [6.07, 6.45) is 59.3. The van der Waals surface area contributed by atoms with Crippen LogP contribution in [0.4, 0.5) is 0 Å². The maximum Gasteiger partial charge on any atom is 0.306 e. The minimum absolute atomic E-state index is 0.0464. The fourth-order valence-electron chi connectivity index (χ4n) is 8.31. The summed E-state index contributed by atoms with van der Waals surface area (Å²) < 4.78 is 5.92. The van der Waals surface area contributed by atoms with E-state index in [0.717, 1.165) is 57.8 Å². The molecule has 3 N–H and O–H groups in total. The molecule has 0 aromatic carbocycles. The molecule has 0 aromatic rings. The molecule has 1 amide bonds. The largest absolute Gasteiger partial charge is 0.462 e. The van der Waals surface area contributed by atoms with Crippen molar-refractivity contribution in [1.29, 1.82) is 0 Å². The molecule has 3 atom stereocenters. The molecule has 0 aliphatic heterocycles. The second kappa shape index (κ2) is 50.1. The van der Waals surface area contributed by atoms with E-state index in [1.807, 2.05) is 0 Å². The number of unbranched alkanes of at least 4 members (excludes halogenated alkanes) is 32. The number of aliphatic hydroxyl groups is 2. The molecule has 3 unspecified atom stereocenters. The molecule has 0 saturated carbocycles. The van der Waals surface area contributed by atoms with E-state index in [9.17, 15) is 19.8 Å². The zero-order valence-corrected chi connectivity index (χ0v) is 41.5. The van der Waals surface area contributed by atoms with Gasteiger partial charge >= 0.3 is 5.97 Å². The number of nitrogens with one attached hydrogen (secondary N) is 1. The van der Waals surface area contributed by atoms with Gasteiger partial charge in [0.05, 0.1) is 25.2 Å². The molecule has 364 valence electrons. The summed E-state index contributed by atoms with van der Waals surface area (Å²) in [6.45, 7) is 6.46. The third-order valence-electron chi connectivity index (χ3n) is 12.5. The van der Waals surface area contributed by atoms with Crippen LogP contribution in [0.25, 0.3) is 0 Å². The Hall–Kier alpha value is -1.92. The Morgan fingerprint density at radius 1 is 0.468 bits per heavy atom.